The molecule has 1 atom stereocenters. The third kappa shape index (κ3) is 7.01. The average molecular weight is 433 g/mol. The van der Waals surface area contributed by atoms with Crippen molar-refractivity contribution in [1.29, 1.82) is 0 Å². The topological polar surface area (TPSA) is 95.9 Å². The molecule has 0 aliphatic heterocycles. The van der Waals surface area contributed by atoms with E-state index in [1.807, 2.05) is 18.2 Å². The third-order valence-electron chi connectivity index (χ3n) is 4.07. The molecule has 0 spiro atoms. The molecule has 0 radical (unpaired) electrons. The van der Waals surface area contributed by atoms with Gasteiger partial charge in [-0.05, 0) is 60.1 Å². The largest absolute Gasteiger partial charge is 0.464 e. The van der Waals surface area contributed by atoms with Crippen molar-refractivity contribution in [2.45, 2.75) is 72.1 Å². The first-order valence-corrected chi connectivity index (χ1v) is 10.3. The summed E-state index contributed by atoms with van der Waals surface area (Å²) in [6, 6.07) is 6.32. The second-order valence-electron chi connectivity index (χ2n) is 9.18. The van der Waals surface area contributed by atoms with Crippen molar-refractivity contribution in [3.63, 3.8) is 0 Å². The summed E-state index contributed by atoms with van der Waals surface area (Å²) in [4.78, 5) is 37.5. The van der Waals surface area contributed by atoms with Gasteiger partial charge in [-0.15, -0.1) is 0 Å². The Labute approximate surface area is 182 Å². The number of carbonyl (C=O) groups excluding carboxylic acids is 3. The molecule has 1 aromatic carbocycles. The number of esters is 1. The first-order valence-electron chi connectivity index (χ1n) is 10.3. The number of alkyl carbamates (subject to hydrolysis) is 1. The van der Waals surface area contributed by atoms with Crippen LogP contribution in [0.2, 0.25) is 0 Å². The van der Waals surface area contributed by atoms with Crippen LogP contribution in [0.15, 0.2) is 30.5 Å². The number of para-hydroxylation sites is 1. The number of ether oxygens (including phenoxy) is 3. The van der Waals surface area contributed by atoms with Gasteiger partial charge in [-0.25, -0.2) is 14.4 Å². The minimum atomic E-state index is -0.979. The van der Waals surface area contributed by atoms with Crippen LogP contribution in [0.5, 0.6) is 0 Å². The molecule has 2 aromatic rings. The van der Waals surface area contributed by atoms with Crippen LogP contribution < -0.4 is 5.32 Å². The number of amides is 1. The minimum Gasteiger partial charge on any atom is -0.464 e. The molecular formula is C23H32N2O6. The number of rotatable bonds is 5. The van der Waals surface area contributed by atoms with Crippen LogP contribution in [0.1, 0.15) is 54.0 Å². The average Bonchev–Trinajstić information content (AvgIpc) is 2.97. The van der Waals surface area contributed by atoms with E-state index in [1.54, 1.807) is 60.7 Å². The minimum absolute atomic E-state index is 0.119. The van der Waals surface area contributed by atoms with E-state index in [4.69, 9.17) is 14.2 Å². The Balaban J connectivity index is 2.37. The van der Waals surface area contributed by atoms with Crippen molar-refractivity contribution < 1.29 is 28.6 Å². The van der Waals surface area contributed by atoms with E-state index in [0.29, 0.717) is 11.1 Å². The van der Waals surface area contributed by atoms with Gasteiger partial charge in [-0.1, -0.05) is 18.2 Å². The van der Waals surface area contributed by atoms with Crippen LogP contribution in [0, 0.1) is 0 Å². The highest BCUT2D eigenvalue weighted by molar-refractivity contribution is 5.93. The van der Waals surface area contributed by atoms with E-state index < -0.39 is 35.4 Å². The Hall–Kier alpha value is -3.03. The molecule has 0 unspecified atom stereocenters. The lowest BCUT2D eigenvalue weighted by Crippen LogP contribution is -2.45. The number of carbonyl (C=O) groups is 3. The Kier molecular flexibility index (Phi) is 7.36. The number of fused-ring (bicyclic) bond motifs is 1. The van der Waals surface area contributed by atoms with Gasteiger partial charge < -0.3 is 19.5 Å². The Morgan fingerprint density at radius 1 is 1.00 bits per heavy atom. The summed E-state index contributed by atoms with van der Waals surface area (Å²) in [5.74, 6) is -0.581. The van der Waals surface area contributed by atoms with E-state index in [9.17, 15) is 14.4 Å². The van der Waals surface area contributed by atoms with Crippen molar-refractivity contribution in [2.75, 3.05) is 6.61 Å². The van der Waals surface area contributed by atoms with E-state index in [1.165, 1.54) is 4.57 Å². The SMILES string of the molecule is CCOC(=O)[C@H](Cc1cn(C(=O)OC(C)(C)C)c2ccccc12)NC(=O)OC(C)(C)C. The number of nitrogens with zero attached hydrogens (tertiary/aromatic N) is 1. The number of aromatic nitrogens is 1. The highest BCUT2D eigenvalue weighted by atomic mass is 16.6. The fourth-order valence-electron chi connectivity index (χ4n) is 2.98. The lowest BCUT2D eigenvalue weighted by atomic mass is 10.1. The third-order valence-corrected chi connectivity index (χ3v) is 4.07. The van der Waals surface area contributed by atoms with E-state index in [0.717, 1.165) is 5.39 Å². The molecule has 0 saturated heterocycles. The summed E-state index contributed by atoms with van der Waals surface area (Å²) in [5, 5.41) is 3.36. The summed E-state index contributed by atoms with van der Waals surface area (Å²) >= 11 is 0. The zero-order chi connectivity index (χ0) is 23.4. The summed E-state index contributed by atoms with van der Waals surface area (Å²) in [6.07, 6.45) is 0.500. The van der Waals surface area contributed by atoms with Gasteiger partial charge in [0.1, 0.15) is 17.2 Å². The maximum absolute atomic E-state index is 12.7. The van der Waals surface area contributed by atoms with Crippen molar-refractivity contribution in [2.24, 2.45) is 0 Å². The molecular weight excluding hydrogens is 400 g/mol. The van der Waals surface area contributed by atoms with Crippen LogP contribution >= 0.6 is 0 Å². The molecule has 0 aliphatic rings. The van der Waals surface area contributed by atoms with E-state index >= 15 is 0 Å². The smallest absolute Gasteiger partial charge is 0.419 e. The number of benzene rings is 1. The van der Waals surface area contributed by atoms with Gasteiger partial charge in [0.2, 0.25) is 0 Å². The van der Waals surface area contributed by atoms with Gasteiger partial charge in [0.05, 0.1) is 12.1 Å². The molecule has 0 aliphatic carbocycles. The molecule has 1 amide bonds. The normalized spacial score (nSPS) is 12.9. The summed E-state index contributed by atoms with van der Waals surface area (Å²) in [6.45, 7) is 12.4. The molecule has 1 heterocycles. The molecule has 1 aromatic heterocycles. The van der Waals surface area contributed by atoms with Crippen molar-refractivity contribution in [3.05, 3.63) is 36.0 Å². The molecule has 0 bridgehead atoms. The quantitative estimate of drug-likeness (QED) is 0.555. The maximum atomic E-state index is 12.7. The summed E-state index contributed by atoms with van der Waals surface area (Å²) in [7, 11) is 0. The van der Waals surface area contributed by atoms with Crippen LogP contribution in [-0.2, 0) is 25.4 Å². The number of hydrogen-bond acceptors (Lipinski definition) is 6. The monoisotopic (exact) mass is 432 g/mol. The zero-order valence-corrected chi connectivity index (χ0v) is 19.3. The second kappa shape index (κ2) is 9.41. The van der Waals surface area contributed by atoms with Crippen LogP contribution in [0.3, 0.4) is 0 Å². The van der Waals surface area contributed by atoms with Crippen LogP contribution in [-0.4, -0.2) is 46.6 Å². The molecule has 8 heteroatoms. The highest BCUT2D eigenvalue weighted by Gasteiger charge is 2.28. The molecule has 1 N–H and O–H groups in total. The maximum Gasteiger partial charge on any atom is 0.419 e. The summed E-state index contributed by atoms with van der Waals surface area (Å²) in [5.41, 5.74) is -0.0353. The van der Waals surface area contributed by atoms with Gasteiger partial charge >= 0.3 is 18.2 Å². The van der Waals surface area contributed by atoms with Gasteiger partial charge in [-0.3, -0.25) is 4.57 Å². The standard InChI is InChI=1S/C23H32N2O6/c1-8-29-19(26)17(24-20(27)30-22(2,3)4)13-15-14-25(21(28)31-23(5,6)7)18-12-10-9-11-16(15)18/h9-12,14,17H,8,13H2,1-7H3,(H,24,27)/t17-/m0/s1. The molecule has 31 heavy (non-hydrogen) atoms. The van der Waals surface area contributed by atoms with Crippen LogP contribution in [0.25, 0.3) is 10.9 Å². The van der Waals surface area contributed by atoms with Gasteiger partial charge in [-0.2, -0.15) is 0 Å². The highest BCUT2D eigenvalue weighted by Crippen LogP contribution is 2.24. The van der Waals surface area contributed by atoms with E-state index in [-0.39, 0.29) is 13.0 Å². The first-order chi connectivity index (χ1) is 14.3. The Morgan fingerprint density at radius 3 is 2.19 bits per heavy atom. The van der Waals surface area contributed by atoms with Crippen molar-refractivity contribution in [1.82, 2.24) is 9.88 Å². The summed E-state index contributed by atoms with van der Waals surface area (Å²) < 4.78 is 17.3. The van der Waals surface area contributed by atoms with Crippen molar-refractivity contribution in [3.8, 4) is 0 Å². The molecule has 8 nitrogen and oxygen atoms in total. The molecule has 0 saturated carbocycles. The fourth-order valence-corrected chi connectivity index (χ4v) is 2.98. The Bertz CT molecular complexity index is 949. The lowest BCUT2D eigenvalue weighted by Gasteiger charge is -2.22. The Morgan fingerprint density at radius 2 is 1.61 bits per heavy atom. The predicted molar refractivity (Wildman–Crippen MR) is 117 cm³/mol. The van der Waals surface area contributed by atoms with Gasteiger partial charge in [0.15, 0.2) is 0 Å². The zero-order valence-electron chi connectivity index (χ0n) is 19.3. The van der Waals surface area contributed by atoms with E-state index in [2.05, 4.69) is 5.32 Å². The number of hydrogen-bond donors (Lipinski definition) is 1. The second-order valence-corrected chi connectivity index (χ2v) is 9.18. The molecule has 170 valence electrons. The van der Waals surface area contributed by atoms with Gasteiger partial charge in [0.25, 0.3) is 0 Å². The number of nitrogens with one attached hydrogen (secondary N) is 1. The fraction of sp³-hybridized carbons (Fsp3) is 0.522. The van der Waals surface area contributed by atoms with Gasteiger partial charge in [0, 0.05) is 18.0 Å². The first kappa shape index (κ1) is 24.2. The molecule has 2 rings (SSSR count). The lowest BCUT2D eigenvalue weighted by molar-refractivity contribution is -0.145. The predicted octanol–water partition coefficient (Wildman–Crippen LogP) is 4.42. The van der Waals surface area contributed by atoms with Crippen LogP contribution in [0.4, 0.5) is 9.59 Å². The van der Waals surface area contributed by atoms with Crippen molar-refractivity contribution >= 4 is 29.1 Å². The molecule has 0 fully saturated rings.